The van der Waals surface area contributed by atoms with Crippen molar-refractivity contribution in [2.75, 3.05) is 13.2 Å². The summed E-state index contributed by atoms with van der Waals surface area (Å²) in [6.07, 6.45) is 0.967. The molecule has 2 aromatic rings. The van der Waals surface area contributed by atoms with Crippen molar-refractivity contribution >= 4 is 0 Å². The molecule has 2 aromatic heterocycles. The molecule has 1 saturated heterocycles. The molecule has 1 unspecified atom stereocenters. The van der Waals surface area contributed by atoms with Gasteiger partial charge < -0.3 is 14.3 Å². The van der Waals surface area contributed by atoms with Crippen LogP contribution in [-0.2, 0) is 11.3 Å². The minimum absolute atomic E-state index is 0.117. The Balaban J connectivity index is 1.83. The second kappa shape index (κ2) is 4.31. The van der Waals surface area contributed by atoms with Crippen LogP contribution in [0.5, 0.6) is 0 Å². The second-order valence-corrected chi connectivity index (χ2v) is 4.03. The van der Waals surface area contributed by atoms with E-state index < -0.39 is 0 Å². The van der Waals surface area contributed by atoms with Gasteiger partial charge in [-0.3, -0.25) is 5.10 Å². The number of hydrogen-bond acceptors (Lipinski definition) is 5. The lowest BCUT2D eigenvalue weighted by atomic mass is 10.1. The molecule has 6 heteroatoms. The van der Waals surface area contributed by atoms with Gasteiger partial charge in [-0.15, -0.1) is 0 Å². The fourth-order valence-corrected chi connectivity index (χ4v) is 1.90. The molecule has 0 spiro atoms. The van der Waals surface area contributed by atoms with Gasteiger partial charge in [-0.2, -0.15) is 5.10 Å². The maximum Gasteiger partial charge on any atom is 0.216 e. The number of nitrogens with one attached hydrogen (secondary N) is 1. The molecule has 0 amide bonds. The fourth-order valence-electron chi connectivity index (χ4n) is 1.90. The van der Waals surface area contributed by atoms with Crippen molar-refractivity contribution in [1.82, 2.24) is 15.2 Å². The molecule has 6 nitrogen and oxygen atoms in total. The van der Waals surface area contributed by atoms with Crippen molar-refractivity contribution in [2.24, 2.45) is 0 Å². The highest BCUT2D eigenvalue weighted by molar-refractivity contribution is 5.46. The Morgan fingerprint density at radius 1 is 1.47 bits per heavy atom. The van der Waals surface area contributed by atoms with Gasteiger partial charge in [0, 0.05) is 12.5 Å². The van der Waals surface area contributed by atoms with E-state index in [2.05, 4.69) is 15.2 Å². The summed E-state index contributed by atoms with van der Waals surface area (Å²) in [5, 5.41) is 15.9. The third-order valence-electron chi connectivity index (χ3n) is 2.86. The van der Waals surface area contributed by atoms with E-state index in [0.29, 0.717) is 29.9 Å². The number of H-pyrrole nitrogens is 1. The molecule has 1 aliphatic rings. The molecule has 1 fully saturated rings. The maximum absolute atomic E-state index is 8.92. The SMILES string of the molecule is OCc1ccc(-c2n[nH]c(C3CCOC3)n2)o1. The quantitative estimate of drug-likeness (QED) is 0.831. The highest BCUT2D eigenvalue weighted by atomic mass is 16.5. The van der Waals surface area contributed by atoms with Crippen LogP contribution in [0, 0.1) is 0 Å². The van der Waals surface area contributed by atoms with E-state index in [1.54, 1.807) is 12.1 Å². The van der Waals surface area contributed by atoms with Gasteiger partial charge >= 0.3 is 0 Å². The molecular weight excluding hydrogens is 222 g/mol. The first-order valence-electron chi connectivity index (χ1n) is 5.57. The average Bonchev–Trinajstić information content (AvgIpc) is 3.09. The Morgan fingerprint density at radius 2 is 2.41 bits per heavy atom. The first kappa shape index (κ1) is 10.5. The second-order valence-electron chi connectivity index (χ2n) is 4.03. The predicted molar refractivity (Wildman–Crippen MR) is 58.2 cm³/mol. The highest BCUT2D eigenvalue weighted by Crippen LogP contribution is 2.25. The van der Waals surface area contributed by atoms with Crippen molar-refractivity contribution in [3.05, 3.63) is 23.7 Å². The standard InChI is InChI=1S/C11H13N3O3/c15-5-8-1-2-9(17-8)11-12-10(13-14-11)7-3-4-16-6-7/h1-2,7,15H,3-6H2,(H,12,13,14). The minimum Gasteiger partial charge on any atom is -0.455 e. The predicted octanol–water partition coefficient (Wildman–Crippen LogP) is 1.06. The minimum atomic E-state index is -0.117. The van der Waals surface area contributed by atoms with Crippen LogP contribution in [0.3, 0.4) is 0 Å². The van der Waals surface area contributed by atoms with Crippen LogP contribution >= 0.6 is 0 Å². The number of aromatic nitrogens is 3. The third-order valence-corrected chi connectivity index (χ3v) is 2.86. The summed E-state index contributed by atoms with van der Waals surface area (Å²) >= 11 is 0. The first-order valence-corrected chi connectivity index (χ1v) is 5.57. The smallest absolute Gasteiger partial charge is 0.216 e. The zero-order chi connectivity index (χ0) is 11.7. The monoisotopic (exact) mass is 235 g/mol. The number of hydrogen-bond donors (Lipinski definition) is 2. The van der Waals surface area contributed by atoms with Gasteiger partial charge in [0.25, 0.3) is 0 Å². The molecule has 1 atom stereocenters. The maximum atomic E-state index is 8.92. The molecule has 3 rings (SSSR count). The van der Waals surface area contributed by atoms with Gasteiger partial charge in [0.2, 0.25) is 5.82 Å². The molecule has 2 N–H and O–H groups in total. The van der Waals surface area contributed by atoms with Crippen molar-refractivity contribution in [3.63, 3.8) is 0 Å². The van der Waals surface area contributed by atoms with Crippen LogP contribution in [0.4, 0.5) is 0 Å². The van der Waals surface area contributed by atoms with Crippen LogP contribution in [0.1, 0.15) is 23.9 Å². The van der Waals surface area contributed by atoms with Gasteiger partial charge in [0.15, 0.2) is 5.76 Å². The van der Waals surface area contributed by atoms with E-state index in [4.69, 9.17) is 14.3 Å². The number of aliphatic hydroxyl groups excluding tert-OH is 1. The molecule has 0 aromatic carbocycles. The number of aromatic amines is 1. The van der Waals surface area contributed by atoms with Crippen LogP contribution in [0.15, 0.2) is 16.5 Å². The zero-order valence-electron chi connectivity index (χ0n) is 9.22. The number of nitrogens with zero attached hydrogens (tertiary/aromatic N) is 2. The Bertz CT molecular complexity index is 500. The molecule has 90 valence electrons. The van der Waals surface area contributed by atoms with Crippen molar-refractivity contribution in [3.8, 4) is 11.6 Å². The summed E-state index contributed by atoms with van der Waals surface area (Å²) in [4.78, 5) is 4.39. The normalized spacial score (nSPS) is 19.9. The lowest BCUT2D eigenvalue weighted by molar-refractivity contribution is 0.193. The topological polar surface area (TPSA) is 84.2 Å². The zero-order valence-corrected chi connectivity index (χ0v) is 9.22. The summed E-state index contributed by atoms with van der Waals surface area (Å²) in [6, 6.07) is 3.47. The summed E-state index contributed by atoms with van der Waals surface area (Å²) in [7, 11) is 0. The number of rotatable bonds is 3. The molecule has 3 heterocycles. The van der Waals surface area contributed by atoms with Crippen LogP contribution in [-0.4, -0.2) is 33.5 Å². The fraction of sp³-hybridized carbons (Fsp3) is 0.455. The average molecular weight is 235 g/mol. The van der Waals surface area contributed by atoms with Gasteiger partial charge in [-0.25, -0.2) is 4.98 Å². The lowest BCUT2D eigenvalue weighted by Crippen LogP contribution is -1.99. The Kier molecular flexibility index (Phi) is 2.66. The van der Waals surface area contributed by atoms with Crippen LogP contribution in [0.25, 0.3) is 11.6 Å². The van der Waals surface area contributed by atoms with Crippen LogP contribution < -0.4 is 0 Å². The van der Waals surface area contributed by atoms with E-state index in [1.165, 1.54) is 0 Å². The van der Waals surface area contributed by atoms with Crippen molar-refractivity contribution in [2.45, 2.75) is 18.9 Å². The third kappa shape index (κ3) is 1.96. The van der Waals surface area contributed by atoms with Gasteiger partial charge in [-0.05, 0) is 18.6 Å². The first-order chi connectivity index (χ1) is 8.36. The van der Waals surface area contributed by atoms with E-state index >= 15 is 0 Å². The molecule has 0 saturated carbocycles. The Morgan fingerprint density at radius 3 is 3.12 bits per heavy atom. The molecule has 1 aliphatic heterocycles. The molecule has 0 radical (unpaired) electrons. The number of ether oxygens (including phenoxy) is 1. The van der Waals surface area contributed by atoms with Crippen molar-refractivity contribution < 1.29 is 14.3 Å². The summed E-state index contributed by atoms with van der Waals surface area (Å²) in [5.74, 6) is 2.72. The Hall–Kier alpha value is -1.66. The molecule has 0 aliphatic carbocycles. The molecule has 17 heavy (non-hydrogen) atoms. The molecule has 0 bridgehead atoms. The highest BCUT2D eigenvalue weighted by Gasteiger charge is 2.22. The summed E-state index contributed by atoms with van der Waals surface area (Å²) in [5.41, 5.74) is 0. The number of furan rings is 1. The van der Waals surface area contributed by atoms with E-state index in [9.17, 15) is 0 Å². The largest absolute Gasteiger partial charge is 0.455 e. The van der Waals surface area contributed by atoms with E-state index in [0.717, 1.165) is 18.9 Å². The van der Waals surface area contributed by atoms with E-state index in [1.807, 2.05) is 0 Å². The van der Waals surface area contributed by atoms with Gasteiger partial charge in [0.1, 0.15) is 18.2 Å². The Labute approximate surface area is 97.6 Å². The summed E-state index contributed by atoms with van der Waals surface area (Å²) in [6.45, 7) is 1.35. The van der Waals surface area contributed by atoms with Gasteiger partial charge in [0.05, 0.1) is 6.61 Å². The van der Waals surface area contributed by atoms with Gasteiger partial charge in [-0.1, -0.05) is 0 Å². The van der Waals surface area contributed by atoms with Crippen molar-refractivity contribution in [1.29, 1.82) is 0 Å². The molecular formula is C11H13N3O3. The van der Waals surface area contributed by atoms with E-state index in [-0.39, 0.29) is 6.61 Å². The summed E-state index contributed by atoms with van der Waals surface area (Å²) < 4.78 is 10.7. The van der Waals surface area contributed by atoms with Crippen LogP contribution in [0.2, 0.25) is 0 Å². The number of aliphatic hydroxyl groups is 1. The lowest BCUT2D eigenvalue weighted by Gasteiger charge is -1.99.